The van der Waals surface area contributed by atoms with Crippen LogP contribution < -0.4 is 10.5 Å². The van der Waals surface area contributed by atoms with E-state index >= 15 is 0 Å². The molecule has 6 nitrogen and oxygen atoms in total. The van der Waals surface area contributed by atoms with E-state index in [4.69, 9.17) is 4.98 Å². The zero-order chi connectivity index (χ0) is 17.5. The fourth-order valence-corrected chi connectivity index (χ4v) is 4.24. The number of anilines is 1. The van der Waals surface area contributed by atoms with Crippen molar-refractivity contribution < 1.29 is 0 Å². The van der Waals surface area contributed by atoms with Gasteiger partial charge in [-0.25, -0.2) is 9.67 Å². The molecule has 0 bridgehead atoms. The SMILES string of the molecule is O=c1[nH]c(C2CN(c3ccccc3)C2)nc2c1cnn2C1CCCCC1. The van der Waals surface area contributed by atoms with Crippen LogP contribution in [0.4, 0.5) is 5.69 Å². The summed E-state index contributed by atoms with van der Waals surface area (Å²) < 4.78 is 2.00. The lowest BCUT2D eigenvalue weighted by atomic mass is 9.95. The van der Waals surface area contributed by atoms with Crippen LogP contribution in [0.2, 0.25) is 0 Å². The van der Waals surface area contributed by atoms with Gasteiger partial charge in [-0.1, -0.05) is 37.5 Å². The molecule has 1 aromatic carbocycles. The second-order valence-electron chi connectivity index (χ2n) is 7.51. The molecule has 1 aliphatic heterocycles. The molecule has 2 aliphatic rings. The number of aromatic amines is 1. The molecule has 6 heteroatoms. The lowest BCUT2D eigenvalue weighted by molar-refractivity contribution is 0.335. The number of fused-ring (bicyclic) bond motifs is 1. The molecule has 2 aromatic heterocycles. The van der Waals surface area contributed by atoms with Crippen molar-refractivity contribution in [1.82, 2.24) is 19.7 Å². The molecule has 1 aliphatic carbocycles. The molecule has 0 radical (unpaired) electrons. The highest BCUT2D eigenvalue weighted by atomic mass is 16.1. The summed E-state index contributed by atoms with van der Waals surface area (Å²) >= 11 is 0. The fraction of sp³-hybridized carbons (Fsp3) is 0.450. The van der Waals surface area contributed by atoms with Crippen LogP contribution in [0.5, 0.6) is 0 Å². The van der Waals surface area contributed by atoms with Gasteiger partial charge in [0.25, 0.3) is 5.56 Å². The van der Waals surface area contributed by atoms with Gasteiger partial charge in [0, 0.05) is 18.8 Å². The Morgan fingerprint density at radius 2 is 1.81 bits per heavy atom. The standard InChI is InChI=1S/C20H23N5O/c26-20-17-11-21-25(16-9-5-2-6-10-16)19(17)22-18(23-20)14-12-24(13-14)15-7-3-1-4-8-15/h1,3-4,7-8,11,14,16H,2,5-6,9-10,12-13H2,(H,22,23,26). The normalized spacial score (nSPS) is 19.0. The van der Waals surface area contributed by atoms with Crippen LogP contribution >= 0.6 is 0 Å². The number of nitrogens with one attached hydrogen (secondary N) is 1. The van der Waals surface area contributed by atoms with Crippen molar-refractivity contribution in [3.05, 3.63) is 52.7 Å². The summed E-state index contributed by atoms with van der Waals surface area (Å²) in [6, 6.07) is 10.8. The molecule has 134 valence electrons. The van der Waals surface area contributed by atoms with Crippen molar-refractivity contribution in [2.75, 3.05) is 18.0 Å². The van der Waals surface area contributed by atoms with Crippen LogP contribution in [0.15, 0.2) is 41.3 Å². The minimum absolute atomic E-state index is 0.0646. The minimum atomic E-state index is -0.0646. The molecule has 26 heavy (non-hydrogen) atoms. The molecular formula is C20H23N5O. The van der Waals surface area contributed by atoms with E-state index in [1.54, 1.807) is 6.20 Å². The quantitative estimate of drug-likeness (QED) is 0.788. The predicted molar refractivity (Wildman–Crippen MR) is 102 cm³/mol. The van der Waals surface area contributed by atoms with Gasteiger partial charge < -0.3 is 9.88 Å². The van der Waals surface area contributed by atoms with Crippen molar-refractivity contribution in [3.63, 3.8) is 0 Å². The monoisotopic (exact) mass is 349 g/mol. The summed E-state index contributed by atoms with van der Waals surface area (Å²) in [5, 5.41) is 5.12. The largest absolute Gasteiger partial charge is 0.370 e. The number of hydrogen-bond acceptors (Lipinski definition) is 4. The van der Waals surface area contributed by atoms with E-state index in [9.17, 15) is 4.79 Å². The van der Waals surface area contributed by atoms with Crippen molar-refractivity contribution >= 4 is 16.7 Å². The van der Waals surface area contributed by atoms with Crippen molar-refractivity contribution in [2.45, 2.75) is 44.1 Å². The predicted octanol–water partition coefficient (Wildman–Crippen LogP) is 3.23. The summed E-state index contributed by atoms with van der Waals surface area (Å²) in [4.78, 5) is 22.7. The van der Waals surface area contributed by atoms with E-state index in [2.05, 4.69) is 39.2 Å². The number of para-hydroxylation sites is 1. The van der Waals surface area contributed by atoms with Gasteiger partial charge >= 0.3 is 0 Å². The average molecular weight is 349 g/mol. The maximum absolute atomic E-state index is 12.5. The minimum Gasteiger partial charge on any atom is -0.370 e. The van der Waals surface area contributed by atoms with Crippen LogP contribution in [-0.2, 0) is 0 Å². The summed E-state index contributed by atoms with van der Waals surface area (Å²) in [6.07, 6.45) is 7.70. The number of benzene rings is 1. The molecule has 0 spiro atoms. The van der Waals surface area contributed by atoms with Crippen molar-refractivity contribution in [3.8, 4) is 0 Å². The third kappa shape index (κ3) is 2.60. The van der Waals surface area contributed by atoms with Crippen LogP contribution in [0.25, 0.3) is 11.0 Å². The van der Waals surface area contributed by atoms with Gasteiger partial charge in [-0.2, -0.15) is 5.10 Å². The maximum atomic E-state index is 12.5. The van der Waals surface area contributed by atoms with Gasteiger partial charge in [-0.15, -0.1) is 0 Å². The summed E-state index contributed by atoms with van der Waals surface area (Å²) in [7, 11) is 0. The third-order valence-corrected chi connectivity index (χ3v) is 5.79. The first kappa shape index (κ1) is 15.6. The van der Waals surface area contributed by atoms with Gasteiger partial charge in [0.1, 0.15) is 11.2 Å². The zero-order valence-electron chi connectivity index (χ0n) is 14.8. The summed E-state index contributed by atoms with van der Waals surface area (Å²) in [5.74, 6) is 1.06. The van der Waals surface area contributed by atoms with Gasteiger partial charge in [0.05, 0.1) is 18.2 Å². The van der Waals surface area contributed by atoms with E-state index in [1.807, 2.05) is 10.7 Å². The van der Waals surface area contributed by atoms with Gasteiger partial charge in [0.2, 0.25) is 0 Å². The molecule has 0 atom stereocenters. The zero-order valence-corrected chi connectivity index (χ0v) is 14.8. The van der Waals surface area contributed by atoms with E-state index in [0.29, 0.717) is 11.4 Å². The van der Waals surface area contributed by atoms with E-state index < -0.39 is 0 Å². The highest BCUT2D eigenvalue weighted by Gasteiger charge is 2.31. The van der Waals surface area contributed by atoms with Crippen molar-refractivity contribution in [2.24, 2.45) is 0 Å². The van der Waals surface area contributed by atoms with Gasteiger partial charge in [-0.05, 0) is 25.0 Å². The Bertz CT molecular complexity index is 965. The second-order valence-corrected chi connectivity index (χ2v) is 7.51. The van der Waals surface area contributed by atoms with Crippen LogP contribution in [0.1, 0.15) is 49.9 Å². The number of nitrogens with zero attached hydrogens (tertiary/aromatic N) is 4. The molecule has 5 rings (SSSR count). The van der Waals surface area contributed by atoms with E-state index in [1.165, 1.54) is 24.9 Å². The molecule has 2 fully saturated rings. The Hall–Kier alpha value is -2.63. The average Bonchev–Trinajstić information content (AvgIpc) is 3.07. The third-order valence-electron chi connectivity index (χ3n) is 5.79. The molecule has 3 heterocycles. The number of aromatic nitrogens is 4. The molecular weight excluding hydrogens is 326 g/mol. The Kier molecular flexibility index (Phi) is 3.76. The molecule has 1 N–H and O–H groups in total. The van der Waals surface area contributed by atoms with Crippen LogP contribution in [-0.4, -0.2) is 32.8 Å². The lowest BCUT2D eigenvalue weighted by Gasteiger charge is -2.40. The number of hydrogen-bond donors (Lipinski definition) is 1. The maximum Gasteiger partial charge on any atom is 0.262 e. The number of rotatable bonds is 3. The van der Waals surface area contributed by atoms with Crippen LogP contribution in [0, 0.1) is 0 Å². The summed E-state index contributed by atoms with van der Waals surface area (Å²) in [5.41, 5.74) is 1.92. The lowest BCUT2D eigenvalue weighted by Crippen LogP contribution is -2.46. The second kappa shape index (κ2) is 6.27. The Morgan fingerprint density at radius 3 is 2.58 bits per heavy atom. The van der Waals surface area contributed by atoms with Gasteiger partial charge in [0.15, 0.2) is 5.65 Å². The summed E-state index contributed by atoms with van der Waals surface area (Å²) in [6.45, 7) is 1.77. The first-order valence-electron chi connectivity index (χ1n) is 9.57. The highest BCUT2D eigenvalue weighted by Crippen LogP contribution is 2.32. The van der Waals surface area contributed by atoms with Gasteiger partial charge in [-0.3, -0.25) is 4.79 Å². The first-order chi connectivity index (χ1) is 12.8. The van der Waals surface area contributed by atoms with E-state index in [-0.39, 0.29) is 11.5 Å². The van der Waals surface area contributed by atoms with E-state index in [0.717, 1.165) is 37.4 Å². The van der Waals surface area contributed by atoms with Crippen molar-refractivity contribution in [1.29, 1.82) is 0 Å². The fourth-order valence-electron chi connectivity index (χ4n) is 4.24. The van der Waals surface area contributed by atoms with Crippen LogP contribution in [0.3, 0.4) is 0 Å². The Balaban J connectivity index is 1.43. The topological polar surface area (TPSA) is 66.8 Å². The molecule has 1 saturated heterocycles. The Morgan fingerprint density at radius 1 is 1.04 bits per heavy atom. The molecule has 0 unspecified atom stereocenters. The Labute approximate surface area is 151 Å². The number of H-pyrrole nitrogens is 1. The smallest absolute Gasteiger partial charge is 0.262 e. The highest BCUT2D eigenvalue weighted by molar-refractivity contribution is 5.73. The molecule has 3 aromatic rings. The first-order valence-corrected chi connectivity index (χ1v) is 9.57. The molecule has 0 amide bonds. The molecule has 1 saturated carbocycles.